The van der Waals surface area contributed by atoms with Gasteiger partial charge in [-0.1, -0.05) is 12.1 Å². The second-order valence-electron chi connectivity index (χ2n) is 3.58. The molecule has 0 saturated heterocycles. The zero-order valence-corrected chi connectivity index (χ0v) is 12.1. The van der Waals surface area contributed by atoms with Crippen LogP contribution in [0.5, 0.6) is 0 Å². The van der Waals surface area contributed by atoms with Crippen LogP contribution in [0.2, 0.25) is 0 Å². The minimum absolute atomic E-state index is 0.159. The highest BCUT2D eigenvalue weighted by Gasteiger charge is 2.08. The molecule has 0 aliphatic carbocycles. The highest BCUT2D eigenvalue weighted by Crippen LogP contribution is 2.20. The highest BCUT2D eigenvalue weighted by atomic mass is 79.9. The van der Waals surface area contributed by atoms with Crippen LogP contribution in [-0.4, -0.2) is 9.55 Å². The number of halogens is 3. The first-order valence-electron chi connectivity index (χ1n) is 4.91. The molecule has 7 heteroatoms. The highest BCUT2D eigenvalue weighted by molar-refractivity contribution is 9.10. The van der Waals surface area contributed by atoms with Crippen molar-refractivity contribution in [1.82, 2.24) is 9.55 Å². The molecule has 0 radical (unpaired) electrons. The van der Waals surface area contributed by atoms with E-state index in [1.807, 2.05) is 0 Å². The summed E-state index contributed by atoms with van der Waals surface area (Å²) in [6, 6.07) is 4.57. The van der Waals surface area contributed by atoms with Crippen molar-refractivity contribution in [3.63, 3.8) is 0 Å². The average molecular weight is 378 g/mol. The fraction of sp³-hybridized carbons (Fsp3) is 0.0909. The molecular weight excluding hydrogens is 371 g/mol. The van der Waals surface area contributed by atoms with Gasteiger partial charge in [-0.25, -0.2) is 9.18 Å². The number of hydrogen-bond donors (Lipinski definition) is 1. The van der Waals surface area contributed by atoms with Gasteiger partial charge in [0.1, 0.15) is 5.82 Å². The number of rotatable bonds is 2. The van der Waals surface area contributed by atoms with E-state index in [9.17, 15) is 14.0 Å². The fourth-order valence-corrected chi connectivity index (χ4v) is 2.19. The van der Waals surface area contributed by atoms with Gasteiger partial charge in [-0.05, 0) is 43.5 Å². The second-order valence-corrected chi connectivity index (χ2v) is 5.22. The number of nitrogens with one attached hydrogen (secondary N) is 1. The maximum atomic E-state index is 13.3. The maximum absolute atomic E-state index is 13.3. The lowest BCUT2D eigenvalue weighted by Gasteiger charge is -2.08. The third-order valence-corrected chi connectivity index (χ3v) is 3.79. The van der Waals surface area contributed by atoms with E-state index in [0.29, 0.717) is 10.0 Å². The van der Waals surface area contributed by atoms with Gasteiger partial charge in [-0.3, -0.25) is 14.3 Å². The first-order chi connectivity index (χ1) is 8.49. The largest absolute Gasteiger partial charge is 0.328 e. The molecule has 0 aliphatic rings. The van der Waals surface area contributed by atoms with Crippen LogP contribution in [0.15, 0.2) is 42.9 Å². The van der Waals surface area contributed by atoms with Crippen LogP contribution in [0.1, 0.15) is 5.56 Å². The normalized spacial score (nSPS) is 10.6. The Morgan fingerprint density at radius 1 is 1.28 bits per heavy atom. The number of aromatic nitrogens is 2. The smallest absolute Gasteiger partial charge is 0.295 e. The second kappa shape index (κ2) is 5.19. The third-order valence-electron chi connectivity index (χ3n) is 2.34. The molecule has 0 saturated carbocycles. The summed E-state index contributed by atoms with van der Waals surface area (Å²) in [5, 5.41) is 0. The van der Waals surface area contributed by atoms with E-state index in [1.165, 1.54) is 16.8 Å². The van der Waals surface area contributed by atoms with Crippen LogP contribution >= 0.6 is 31.9 Å². The molecule has 1 N–H and O–H groups in total. The molecule has 0 spiro atoms. The Labute approximate surface area is 118 Å². The van der Waals surface area contributed by atoms with E-state index in [4.69, 9.17) is 0 Å². The molecule has 0 atom stereocenters. The Hall–Kier alpha value is -1.21. The predicted octanol–water partition coefficient (Wildman–Crippen LogP) is 2.25. The van der Waals surface area contributed by atoms with Crippen LogP contribution in [-0.2, 0) is 6.54 Å². The van der Waals surface area contributed by atoms with Crippen LogP contribution in [0, 0.1) is 5.82 Å². The lowest BCUT2D eigenvalue weighted by atomic mass is 10.2. The average Bonchev–Trinajstić information content (AvgIpc) is 2.32. The van der Waals surface area contributed by atoms with Gasteiger partial charge in [-0.15, -0.1) is 0 Å². The van der Waals surface area contributed by atoms with Crippen molar-refractivity contribution >= 4 is 31.9 Å². The van der Waals surface area contributed by atoms with Gasteiger partial charge < -0.3 is 0 Å². The van der Waals surface area contributed by atoms with Crippen molar-refractivity contribution in [2.45, 2.75) is 6.54 Å². The number of benzene rings is 1. The summed E-state index contributed by atoms with van der Waals surface area (Å²) in [5.74, 6) is -0.399. The van der Waals surface area contributed by atoms with Crippen LogP contribution in [0.4, 0.5) is 4.39 Å². The molecule has 1 aromatic heterocycles. The summed E-state index contributed by atoms with van der Waals surface area (Å²) in [4.78, 5) is 24.9. The van der Waals surface area contributed by atoms with Crippen molar-refractivity contribution < 1.29 is 4.39 Å². The molecule has 1 heterocycles. The summed E-state index contributed by atoms with van der Waals surface area (Å²) in [5.41, 5.74) is -0.426. The van der Waals surface area contributed by atoms with Crippen molar-refractivity contribution in [2.24, 2.45) is 0 Å². The standard InChI is InChI=1S/C11H7Br2FN2O2/c12-7-5-16(11(18)15-10(7)17)4-6-2-1-3-8(14)9(6)13/h1-3,5H,4H2,(H,15,17,18). The van der Waals surface area contributed by atoms with Gasteiger partial charge >= 0.3 is 5.69 Å². The van der Waals surface area contributed by atoms with Gasteiger partial charge in [0.25, 0.3) is 5.56 Å². The predicted molar refractivity (Wildman–Crippen MR) is 72.2 cm³/mol. The van der Waals surface area contributed by atoms with Crippen LogP contribution < -0.4 is 11.2 Å². The number of aromatic amines is 1. The quantitative estimate of drug-likeness (QED) is 0.872. The molecule has 0 aliphatic heterocycles. The molecule has 2 aromatic rings. The SMILES string of the molecule is O=c1[nH]c(=O)n(Cc2cccc(F)c2Br)cc1Br. The number of hydrogen-bond acceptors (Lipinski definition) is 2. The number of nitrogens with zero attached hydrogens (tertiary/aromatic N) is 1. The topological polar surface area (TPSA) is 54.9 Å². The molecule has 4 nitrogen and oxygen atoms in total. The summed E-state index contributed by atoms with van der Waals surface area (Å²) < 4.78 is 15.2. The van der Waals surface area contributed by atoms with E-state index in [2.05, 4.69) is 36.8 Å². The van der Waals surface area contributed by atoms with E-state index < -0.39 is 17.1 Å². The molecular formula is C11H7Br2FN2O2. The zero-order chi connectivity index (χ0) is 13.3. The van der Waals surface area contributed by atoms with Crippen molar-refractivity contribution in [3.05, 3.63) is 65.6 Å². The maximum Gasteiger partial charge on any atom is 0.328 e. The van der Waals surface area contributed by atoms with Gasteiger partial charge in [0.15, 0.2) is 0 Å². The molecule has 0 bridgehead atoms. The first kappa shape index (κ1) is 13.2. The van der Waals surface area contributed by atoms with Gasteiger partial charge in [-0.2, -0.15) is 0 Å². The fourth-order valence-electron chi connectivity index (χ4n) is 1.45. The lowest BCUT2D eigenvalue weighted by molar-refractivity contribution is 0.613. The molecule has 1 aromatic carbocycles. The molecule has 94 valence electrons. The third kappa shape index (κ3) is 2.62. The van der Waals surface area contributed by atoms with E-state index in [1.54, 1.807) is 12.1 Å². The minimum atomic E-state index is -0.542. The Kier molecular flexibility index (Phi) is 3.82. The summed E-state index contributed by atoms with van der Waals surface area (Å²) in [6.45, 7) is 0.159. The van der Waals surface area contributed by atoms with E-state index >= 15 is 0 Å². The van der Waals surface area contributed by atoms with Gasteiger partial charge in [0.2, 0.25) is 0 Å². The molecule has 0 amide bonds. The van der Waals surface area contributed by atoms with Crippen molar-refractivity contribution in [1.29, 1.82) is 0 Å². The van der Waals surface area contributed by atoms with Crippen LogP contribution in [0.25, 0.3) is 0 Å². The monoisotopic (exact) mass is 376 g/mol. The van der Waals surface area contributed by atoms with E-state index in [-0.39, 0.29) is 11.0 Å². The van der Waals surface area contributed by atoms with E-state index in [0.717, 1.165) is 0 Å². The van der Waals surface area contributed by atoms with Crippen molar-refractivity contribution in [3.8, 4) is 0 Å². The summed E-state index contributed by atoms with van der Waals surface area (Å²) >= 11 is 6.16. The van der Waals surface area contributed by atoms with Crippen molar-refractivity contribution in [2.75, 3.05) is 0 Å². The molecule has 0 unspecified atom stereocenters. The molecule has 0 fully saturated rings. The Morgan fingerprint density at radius 2 is 2.00 bits per heavy atom. The Balaban J connectivity index is 2.47. The Bertz CT molecular complexity index is 709. The van der Waals surface area contributed by atoms with Gasteiger partial charge in [0, 0.05) is 6.20 Å². The van der Waals surface area contributed by atoms with Crippen LogP contribution in [0.3, 0.4) is 0 Å². The number of H-pyrrole nitrogens is 1. The summed E-state index contributed by atoms with van der Waals surface area (Å²) in [6.07, 6.45) is 1.37. The lowest BCUT2D eigenvalue weighted by Crippen LogP contribution is -2.30. The molecule has 18 heavy (non-hydrogen) atoms. The first-order valence-corrected chi connectivity index (χ1v) is 6.50. The van der Waals surface area contributed by atoms with Gasteiger partial charge in [0.05, 0.1) is 15.5 Å². The Morgan fingerprint density at radius 3 is 2.72 bits per heavy atom. The minimum Gasteiger partial charge on any atom is -0.295 e. The zero-order valence-electron chi connectivity index (χ0n) is 8.91. The molecule has 2 rings (SSSR count). The summed E-state index contributed by atoms with van der Waals surface area (Å²) in [7, 11) is 0.